The maximum atomic E-state index is 13.2. The Morgan fingerprint density at radius 3 is 1.37 bits per heavy atom. The van der Waals surface area contributed by atoms with Crippen molar-refractivity contribution in [1.82, 2.24) is 5.32 Å². The number of carbonyl (C=O) groups excluding carboxylic acids is 4. The van der Waals surface area contributed by atoms with Crippen molar-refractivity contribution in [2.75, 3.05) is 25.2 Å². The average molecular weight is 987 g/mol. The Hall–Kier alpha value is -4.01. The van der Waals surface area contributed by atoms with Crippen molar-refractivity contribution >= 4 is 35.0 Å². The summed E-state index contributed by atoms with van der Waals surface area (Å²) >= 11 is 0. The zero-order chi connectivity index (χ0) is 51.4. The fraction of sp³-hybridized carbons (Fsp3) is 0.726. The third-order valence-electron chi connectivity index (χ3n) is 14.5. The quantitative estimate of drug-likeness (QED) is 0.0223. The van der Waals surface area contributed by atoms with Gasteiger partial charge in [0.25, 0.3) is 5.91 Å². The van der Waals surface area contributed by atoms with Crippen molar-refractivity contribution in [2.24, 2.45) is 22.9 Å². The largest absolute Gasteiger partial charge is 0.462 e. The molecule has 0 bridgehead atoms. The molecule has 9 nitrogen and oxygen atoms in total. The molecule has 71 heavy (non-hydrogen) atoms. The van der Waals surface area contributed by atoms with Crippen LogP contribution in [0.15, 0.2) is 59.7 Å². The second-order valence-corrected chi connectivity index (χ2v) is 20.6. The maximum Gasteiger partial charge on any atom is 0.340 e. The van der Waals surface area contributed by atoms with E-state index in [-0.39, 0.29) is 11.7 Å². The summed E-state index contributed by atoms with van der Waals surface area (Å²) < 4.78 is 11.2. The molecule has 2 N–H and O–H groups in total. The number of ether oxygens (including phenoxy) is 2. The van der Waals surface area contributed by atoms with Gasteiger partial charge in [-0.1, -0.05) is 257 Å². The summed E-state index contributed by atoms with van der Waals surface area (Å²) in [4.78, 5) is 50.8. The molecule has 3 unspecified atom stereocenters. The van der Waals surface area contributed by atoms with E-state index in [1.807, 2.05) is 30.3 Å². The molecule has 0 aliphatic rings. The van der Waals surface area contributed by atoms with E-state index in [0.29, 0.717) is 42.5 Å². The van der Waals surface area contributed by atoms with Gasteiger partial charge in [-0.05, 0) is 61.3 Å². The summed E-state index contributed by atoms with van der Waals surface area (Å²) in [6.45, 7) is 11.5. The number of unbranched alkanes of at least 4 members (excludes halogenated alkanes) is 23. The lowest BCUT2D eigenvalue weighted by molar-refractivity contribution is -0.117. The van der Waals surface area contributed by atoms with E-state index < -0.39 is 17.7 Å². The molecule has 0 heterocycles. The first kappa shape index (κ1) is 63.1. The molecule has 0 aliphatic heterocycles. The van der Waals surface area contributed by atoms with Crippen LogP contribution < -0.4 is 10.7 Å². The number of esters is 2. The molecule has 2 rings (SSSR count). The van der Waals surface area contributed by atoms with Gasteiger partial charge in [0.15, 0.2) is 11.5 Å². The average Bonchev–Trinajstić information content (AvgIpc) is 3.38. The van der Waals surface area contributed by atoms with Crippen molar-refractivity contribution in [1.29, 1.82) is 0 Å². The number of Topliss-reactive ketones (excluding diaryl/α,β-unsaturated/α-hetero) is 1. The summed E-state index contributed by atoms with van der Waals surface area (Å²) in [5.41, 5.74) is 3.92. The highest BCUT2D eigenvalue weighted by Crippen LogP contribution is 2.34. The number of amides is 1. The number of ketones is 1. The van der Waals surface area contributed by atoms with E-state index in [2.05, 4.69) is 43.5 Å². The van der Waals surface area contributed by atoms with Crippen LogP contribution >= 0.6 is 0 Å². The van der Waals surface area contributed by atoms with E-state index in [0.717, 1.165) is 69.6 Å². The Balaban J connectivity index is 1.85. The molecule has 0 aliphatic carbocycles. The first-order valence-electron chi connectivity index (χ1n) is 29.4. The van der Waals surface area contributed by atoms with Crippen molar-refractivity contribution < 1.29 is 28.7 Å². The van der Waals surface area contributed by atoms with E-state index in [1.165, 1.54) is 167 Å². The predicted molar refractivity (Wildman–Crippen MR) is 298 cm³/mol. The van der Waals surface area contributed by atoms with Crippen molar-refractivity contribution in [2.45, 2.75) is 253 Å². The van der Waals surface area contributed by atoms with E-state index in [4.69, 9.17) is 9.47 Å². The van der Waals surface area contributed by atoms with Crippen molar-refractivity contribution in [3.05, 3.63) is 65.7 Å². The van der Waals surface area contributed by atoms with Crippen LogP contribution in [0, 0.1) is 17.8 Å². The highest BCUT2D eigenvalue weighted by molar-refractivity contribution is 6.65. The van der Waals surface area contributed by atoms with Gasteiger partial charge >= 0.3 is 11.9 Å². The number of para-hydroxylation sites is 1. The molecule has 0 saturated carbocycles. The van der Waals surface area contributed by atoms with Crippen LogP contribution in [0.25, 0.3) is 0 Å². The smallest absolute Gasteiger partial charge is 0.340 e. The Morgan fingerprint density at radius 2 is 0.901 bits per heavy atom. The van der Waals surface area contributed by atoms with Crippen LogP contribution in [-0.4, -0.2) is 49.1 Å². The first-order valence-corrected chi connectivity index (χ1v) is 29.4. The van der Waals surface area contributed by atoms with Crippen LogP contribution in [0.5, 0.6) is 0 Å². The molecule has 0 radical (unpaired) electrons. The van der Waals surface area contributed by atoms with Gasteiger partial charge in [0.1, 0.15) is 0 Å². The number of nitrogens with one attached hydrogen (secondary N) is 2. The molecule has 402 valence electrons. The third-order valence-corrected chi connectivity index (χ3v) is 14.5. The summed E-state index contributed by atoms with van der Waals surface area (Å²) in [6.07, 6.45) is 42.7. The Labute approximate surface area is 434 Å². The molecule has 2 aromatic rings. The standard InChI is InChI=1S/C62H103N3O6/c1-6-10-13-15-17-23-30-41-54(43-32-25-19-21-27-38-49-70-61(68)56-45-34-29-35-46-56)55(42-31-24-18-16-14-11-7-2)44-33-26-20-22-28-39-50-71-62(69)57-47-36-37-48-58(57)64-65-59(52(5)66)60(67)63-51-53(9-4)40-12-8-3/h29,34-37,45-48,53-55,64H,6-28,30-33,38-44,49-51H2,1-5H3,(H,63,67)/b65-59-. The van der Waals surface area contributed by atoms with E-state index in [9.17, 15) is 19.2 Å². The van der Waals surface area contributed by atoms with Crippen LogP contribution in [0.4, 0.5) is 5.69 Å². The van der Waals surface area contributed by atoms with Crippen LogP contribution in [0.3, 0.4) is 0 Å². The Kier molecular flexibility index (Phi) is 38.7. The third kappa shape index (κ3) is 31.2. The minimum atomic E-state index is -0.515. The Morgan fingerprint density at radius 1 is 0.479 bits per heavy atom. The molecular weight excluding hydrogens is 883 g/mol. The van der Waals surface area contributed by atoms with Crippen LogP contribution in [0.2, 0.25) is 0 Å². The summed E-state index contributed by atoms with van der Waals surface area (Å²) in [7, 11) is 0. The van der Waals surface area contributed by atoms with Crippen molar-refractivity contribution in [3.63, 3.8) is 0 Å². The van der Waals surface area contributed by atoms with Gasteiger partial charge in [0, 0.05) is 13.5 Å². The van der Waals surface area contributed by atoms with Gasteiger partial charge in [-0.3, -0.25) is 15.0 Å². The number of hydrazone groups is 1. The minimum absolute atomic E-state index is 0.217. The maximum absolute atomic E-state index is 13.2. The lowest BCUT2D eigenvalue weighted by atomic mass is 9.78. The molecule has 0 fully saturated rings. The van der Waals surface area contributed by atoms with Gasteiger partial charge < -0.3 is 14.8 Å². The number of benzene rings is 2. The zero-order valence-corrected chi connectivity index (χ0v) is 46.0. The number of hydrogen-bond acceptors (Lipinski definition) is 8. The number of carbonyl (C=O) groups is 4. The molecule has 0 aromatic heterocycles. The fourth-order valence-corrected chi connectivity index (χ4v) is 9.88. The predicted octanol–water partition coefficient (Wildman–Crippen LogP) is 17.4. The second-order valence-electron chi connectivity index (χ2n) is 20.6. The van der Waals surface area contributed by atoms with Crippen LogP contribution in [0.1, 0.15) is 274 Å². The Bertz CT molecular complexity index is 1680. The number of anilines is 1. The molecular formula is C62H103N3O6. The fourth-order valence-electron chi connectivity index (χ4n) is 9.88. The first-order chi connectivity index (χ1) is 34.7. The number of nitrogens with zero attached hydrogens (tertiary/aromatic N) is 1. The minimum Gasteiger partial charge on any atom is -0.462 e. The highest BCUT2D eigenvalue weighted by Gasteiger charge is 2.22. The van der Waals surface area contributed by atoms with Gasteiger partial charge in [0.2, 0.25) is 0 Å². The van der Waals surface area contributed by atoms with Gasteiger partial charge in [-0.25, -0.2) is 9.59 Å². The van der Waals surface area contributed by atoms with Crippen molar-refractivity contribution in [3.8, 4) is 0 Å². The lowest BCUT2D eigenvalue weighted by Gasteiger charge is -2.28. The molecule has 3 atom stereocenters. The number of hydrogen-bond donors (Lipinski definition) is 2. The van der Waals surface area contributed by atoms with Gasteiger partial charge in [-0.15, -0.1) is 0 Å². The SMILES string of the molecule is CCCCCCCCCC(CCCCCCCCOC(=O)c1ccccc1)C(CCCCCCCCC)CCCCCCCCOC(=O)c1ccccc1N/N=C(/C(C)=O)C(=O)NCC(CC)CCCC. The molecule has 0 saturated heterocycles. The lowest BCUT2D eigenvalue weighted by Crippen LogP contribution is -2.38. The van der Waals surface area contributed by atoms with E-state index >= 15 is 0 Å². The summed E-state index contributed by atoms with van der Waals surface area (Å²) in [6, 6.07) is 16.2. The normalized spacial score (nSPS) is 12.8. The summed E-state index contributed by atoms with van der Waals surface area (Å²) in [5.74, 6) is 0.380. The number of rotatable bonds is 47. The molecule has 2 aromatic carbocycles. The summed E-state index contributed by atoms with van der Waals surface area (Å²) in [5, 5.41) is 7.04. The van der Waals surface area contributed by atoms with E-state index in [1.54, 1.807) is 24.3 Å². The van der Waals surface area contributed by atoms with Gasteiger partial charge in [-0.2, -0.15) is 5.10 Å². The molecule has 0 spiro atoms. The van der Waals surface area contributed by atoms with Crippen LogP contribution in [-0.2, 0) is 19.1 Å². The second kappa shape index (κ2) is 43.6. The highest BCUT2D eigenvalue weighted by atomic mass is 16.5. The molecule has 9 heteroatoms. The molecule has 1 amide bonds. The topological polar surface area (TPSA) is 123 Å². The monoisotopic (exact) mass is 986 g/mol. The van der Waals surface area contributed by atoms with Gasteiger partial charge in [0.05, 0.1) is 30.0 Å². The zero-order valence-electron chi connectivity index (χ0n) is 46.0.